The zero-order valence-corrected chi connectivity index (χ0v) is 7.82. The molecule has 5 heteroatoms. The van der Waals surface area contributed by atoms with Crippen LogP contribution in [0.4, 0.5) is 11.9 Å². The van der Waals surface area contributed by atoms with Crippen LogP contribution in [0.3, 0.4) is 0 Å². The number of nitrogens with two attached hydrogens (primary N) is 1. The number of hydrogen-bond donors (Lipinski definition) is 2. The Hall–Kier alpha value is -1.26. The van der Waals surface area contributed by atoms with E-state index in [-0.39, 0.29) is 0 Å². The largest absolute Gasteiger partial charge is 0.368 e. The van der Waals surface area contributed by atoms with E-state index in [1.54, 1.807) is 7.05 Å². The lowest BCUT2D eigenvalue weighted by atomic mass is 10.3. The van der Waals surface area contributed by atoms with Gasteiger partial charge in [0.25, 0.3) is 0 Å². The molecule has 1 saturated carbocycles. The Labute approximate surface area is 77.3 Å². The number of aromatic nitrogens is 3. The predicted octanol–water partition coefficient (Wildman–Crippen LogP) is 1.02. The van der Waals surface area contributed by atoms with Crippen LogP contribution in [0.15, 0.2) is 0 Å². The maximum atomic E-state index is 5.75. The summed E-state index contributed by atoms with van der Waals surface area (Å²) in [5, 5.41) is 7.17. The highest BCUT2D eigenvalue weighted by atomic mass is 15.4. The standard InChI is InChI=1S/C8H15N5/c1-10-8-11-7(9)13(12-8)6-4-2-3-5-6/h6H,2-5H2,1H3,(H3,9,10,11,12). The lowest BCUT2D eigenvalue weighted by Gasteiger charge is -2.09. The van der Waals surface area contributed by atoms with E-state index in [4.69, 9.17) is 5.73 Å². The molecular formula is C8H15N5. The molecule has 1 aliphatic rings. The summed E-state index contributed by atoms with van der Waals surface area (Å²) in [7, 11) is 1.80. The molecule has 0 aliphatic heterocycles. The molecule has 0 amide bonds. The van der Waals surface area contributed by atoms with Crippen molar-refractivity contribution in [3.8, 4) is 0 Å². The number of nitrogens with zero attached hydrogens (tertiary/aromatic N) is 3. The molecule has 0 radical (unpaired) electrons. The summed E-state index contributed by atoms with van der Waals surface area (Å²) < 4.78 is 1.85. The first kappa shape index (κ1) is 8.34. The second-order valence-electron chi connectivity index (χ2n) is 3.43. The molecule has 1 aromatic heterocycles. The van der Waals surface area contributed by atoms with E-state index in [2.05, 4.69) is 15.4 Å². The molecule has 2 rings (SSSR count). The van der Waals surface area contributed by atoms with Crippen LogP contribution in [-0.4, -0.2) is 21.8 Å². The molecule has 5 nitrogen and oxygen atoms in total. The zero-order valence-electron chi connectivity index (χ0n) is 7.82. The van der Waals surface area contributed by atoms with E-state index in [0.717, 1.165) is 0 Å². The average molecular weight is 181 g/mol. The van der Waals surface area contributed by atoms with Gasteiger partial charge in [-0.3, -0.25) is 0 Å². The summed E-state index contributed by atoms with van der Waals surface area (Å²) in [6.45, 7) is 0. The van der Waals surface area contributed by atoms with Crippen LogP contribution >= 0.6 is 0 Å². The number of anilines is 2. The smallest absolute Gasteiger partial charge is 0.243 e. The van der Waals surface area contributed by atoms with Crippen molar-refractivity contribution in [1.29, 1.82) is 0 Å². The predicted molar refractivity (Wildman–Crippen MR) is 51.5 cm³/mol. The van der Waals surface area contributed by atoms with E-state index < -0.39 is 0 Å². The molecule has 0 aromatic carbocycles. The normalized spacial score (nSPS) is 17.9. The van der Waals surface area contributed by atoms with Crippen LogP contribution < -0.4 is 11.1 Å². The van der Waals surface area contributed by atoms with Crippen LogP contribution in [0.25, 0.3) is 0 Å². The molecule has 1 fully saturated rings. The molecule has 0 atom stereocenters. The minimum atomic E-state index is 0.467. The van der Waals surface area contributed by atoms with Gasteiger partial charge in [-0.2, -0.15) is 4.98 Å². The highest BCUT2D eigenvalue weighted by Crippen LogP contribution is 2.30. The Morgan fingerprint density at radius 1 is 1.46 bits per heavy atom. The Balaban J connectivity index is 2.22. The summed E-state index contributed by atoms with van der Waals surface area (Å²) >= 11 is 0. The maximum absolute atomic E-state index is 5.75. The van der Waals surface area contributed by atoms with Crippen molar-refractivity contribution in [2.45, 2.75) is 31.7 Å². The van der Waals surface area contributed by atoms with E-state index in [1.807, 2.05) is 4.68 Å². The molecule has 1 aliphatic carbocycles. The van der Waals surface area contributed by atoms with Gasteiger partial charge in [-0.1, -0.05) is 12.8 Å². The van der Waals surface area contributed by atoms with Gasteiger partial charge in [-0.05, 0) is 12.8 Å². The van der Waals surface area contributed by atoms with Gasteiger partial charge in [0.15, 0.2) is 0 Å². The molecule has 0 saturated heterocycles. The summed E-state index contributed by atoms with van der Waals surface area (Å²) in [5.41, 5.74) is 5.75. The van der Waals surface area contributed by atoms with E-state index in [1.165, 1.54) is 25.7 Å². The van der Waals surface area contributed by atoms with Crippen molar-refractivity contribution >= 4 is 11.9 Å². The second-order valence-corrected chi connectivity index (χ2v) is 3.43. The summed E-state index contributed by atoms with van der Waals surface area (Å²) in [5.74, 6) is 1.14. The van der Waals surface area contributed by atoms with Gasteiger partial charge in [0.1, 0.15) is 0 Å². The minimum absolute atomic E-state index is 0.467. The zero-order chi connectivity index (χ0) is 9.26. The van der Waals surface area contributed by atoms with E-state index in [9.17, 15) is 0 Å². The van der Waals surface area contributed by atoms with Gasteiger partial charge < -0.3 is 11.1 Å². The van der Waals surface area contributed by atoms with Crippen molar-refractivity contribution in [3.63, 3.8) is 0 Å². The Bertz CT molecular complexity index is 287. The van der Waals surface area contributed by atoms with E-state index in [0.29, 0.717) is 17.9 Å². The quantitative estimate of drug-likeness (QED) is 0.714. The molecular weight excluding hydrogens is 166 g/mol. The first-order valence-electron chi connectivity index (χ1n) is 4.71. The van der Waals surface area contributed by atoms with E-state index >= 15 is 0 Å². The van der Waals surface area contributed by atoms with Gasteiger partial charge in [0.05, 0.1) is 6.04 Å². The number of hydrogen-bond acceptors (Lipinski definition) is 4. The Kier molecular flexibility index (Phi) is 2.08. The lowest BCUT2D eigenvalue weighted by molar-refractivity contribution is 0.474. The fraction of sp³-hybridized carbons (Fsp3) is 0.750. The maximum Gasteiger partial charge on any atom is 0.243 e. The van der Waals surface area contributed by atoms with Crippen LogP contribution in [0.5, 0.6) is 0 Å². The second kappa shape index (κ2) is 3.24. The van der Waals surface area contributed by atoms with Gasteiger partial charge in [0.2, 0.25) is 11.9 Å². The van der Waals surface area contributed by atoms with Crippen LogP contribution in [0, 0.1) is 0 Å². The molecule has 13 heavy (non-hydrogen) atoms. The third-order valence-electron chi connectivity index (χ3n) is 2.55. The summed E-state index contributed by atoms with van der Waals surface area (Å²) in [6.07, 6.45) is 4.91. The average Bonchev–Trinajstić information content (AvgIpc) is 2.72. The summed E-state index contributed by atoms with van der Waals surface area (Å²) in [6, 6.07) is 0.467. The fourth-order valence-corrected chi connectivity index (χ4v) is 1.86. The topological polar surface area (TPSA) is 68.8 Å². The molecule has 1 heterocycles. The molecule has 0 spiro atoms. The SMILES string of the molecule is CNc1nc(N)n(C2CCCC2)n1. The van der Waals surface area contributed by atoms with Gasteiger partial charge in [-0.25, -0.2) is 4.68 Å². The van der Waals surface area contributed by atoms with Gasteiger partial charge >= 0.3 is 0 Å². The number of nitrogens with one attached hydrogen (secondary N) is 1. The monoisotopic (exact) mass is 181 g/mol. The van der Waals surface area contributed by atoms with Crippen LogP contribution in [0.2, 0.25) is 0 Å². The molecule has 0 unspecified atom stereocenters. The van der Waals surface area contributed by atoms with Crippen LogP contribution in [0.1, 0.15) is 31.7 Å². The molecule has 0 bridgehead atoms. The first-order chi connectivity index (χ1) is 6.31. The molecule has 3 N–H and O–H groups in total. The van der Waals surface area contributed by atoms with Crippen molar-refractivity contribution in [2.24, 2.45) is 0 Å². The molecule has 1 aromatic rings. The van der Waals surface area contributed by atoms with Crippen molar-refractivity contribution in [1.82, 2.24) is 14.8 Å². The Morgan fingerprint density at radius 2 is 2.15 bits per heavy atom. The Morgan fingerprint density at radius 3 is 2.69 bits per heavy atom. The van der Waals surface area contributed by atoms with Crippen molar-refractivity contribution in [2.75, 3.05) is 18.1 Å². The summed E-state index contributed by atoms with van der Waals surface area (Å²) in [4.78, 5) is 4.09. The first-order valence-corrected chi connectivity index (χ1v) is 4.71. The van der Waals surface area contributed by atoms with Crippen molar-refractivity contribution < 1.29 is 0 Å². The number of nitrogen functional groups attached to an aromatic ring is 1. The molecule has 72 valence electrons. The third kappa shape index (κ3) is 1.46. The van der Waals surface area contributed by atoms with Gasteiger partial charge in [-0.15, -0.1) is 5.10 Å². The lowest BCUT2D eigenvalue weighted by Crippen LogP contribution is -2.10. The van der Waals surface area contributed by atoms with Crippen LogP contribution in [-0.2, 0) is 0 Å². The number of rotatable bonds is 2. The minimum Gasteiger partial charge on any atom is -0.368 e. The van der Waals surface area contributed by atoms with Crippen molar-refractivity contribution in [3.05, 3.63) is 0 Å². The van der Waals surface area contributed by atoms with Gasteiger partial charge in [0, 0.05) is 7.05 Å². The third-order valence-corrected chi connectivity index (χ3v) is 2.55. The highest BCUT2D eigenvalue weighted by molar-refractivity contribution is 5.30. The highest BCUT2D eigenvalue weighted by Gasteiger charge is 2.20. The fourth-order valence-electron chi connectivity index (χ4n) is 1.86.